The number of nitrogen functional groups attached to an aromatic ring is 1. The van der Waals surface area contributed by atoms with Crippen molar-refractivity contribution in [2.75, 3.05) is 5.73 Å². The van der Waals surface area contributed by atoms with Gasteiger partial charge in [-0.05, 0) is 30.5 Å². The molecule has 1 saturated carbocycles. The van der Waals surface area contributed by atoms with E-state index in [-0.39, 0.29) is 0 Å². The van der Waals surface area contributed by atoms with Crippen LogP contribution in [-0.2, 0) is 10.2 Å². The third kappa shape index (κ3) is 1.98. The van der Waals surface area contributed by atoms with Crippen molar-refractivity contribution in [1.82, 2.24) is 0 Å². The predicted octanol–water partition coefficient (Wildman–Crippen LogP) is 3.47. The topological polar surface area (TPSA) is 63.3 Å². The second-order valence-electron chi connectivity index (χ2n) is 4.44. The zero-order valence-electron chi connectivity index (χ0n) is 9.17. The van der Waals surface area contributed by atoms with Crippen molar-refractivity contribution in [3.05, 3.63) is 27.7 Å². The van der Waals surface area contributed by atoms with E-state index in [1.54, 1.807) is 6.07 Å². The van der Waals surface area contributed by atoms with Crippen LogP contribution in [0.15, 0.2) is 12.1 Å². The van der Waals surface area contributed by atoms with E-state index >= 15 is 0 Å². The van der Waals surface area contributed by atoms with Crippen LogP contribution in [-0.4, -0.2) is 11.1 Å². The van der Waals surface area contributed by atoms with Crippen LogP contribution in [0.5, 0.6) is 0 Å². The number of carboxylic acid groups (broad SMARTS) is 1. The van der Waals surface area contributed by atoms with Crippen LogP contribution >= 0.6 is 23.2 Å². The number of hydrogen-bond donors (Lipinski definition) is 2. The molecule has 0 aliphatic heterocycles. The summed E-state index contributed by atoms with van der Waals surface area (Å²) in [4.78, 5) is 11.6. The average Bonchev–Trinajstić information content (AvgIpc) is 2.73. The summed E-state index contributed by atoms with van der Waals surface area (Å²) in [5, 5.41) is 10.2. The number of benzene rings is 1. The van der Waals surface area contributed by atoms with Crippen molar-refractivity contribution in [3.8, 4) is 0 Å². The van der Waals surface area contributed by atoms with Gasteiger partial charge in [0.1, 0.15) is 0 Å². The summed E-state index contributed by atoms with van der Waals surface area (Å²) in [5.74, 6) is -0.847. The minimum Gasteiger partial charge on any atom is -0.481 e. The first kappa shape index (κ1) is 12.5. The Morgan fingerprint density at radius 1 is 1.29 bits per heavy atom. The summed E-state index contributed by atoms with van der Waals surface area (Å²) in [6, 6.07) is 3.16. The Labute approximate surface area is 110 Å². The van der Waals surface area contributed by atoms with Gasteiger partial charge in [-0.15, -0.1) is 0 Å². The zero-order chi connectivity index (χ0) is 12.6. The number of carboxylic acids is 1. The van der Waals surface area contributed by atoms with Crippen LogP contribution in [0.4, 0.5) is 5.69 Å². The maximum atomic E-state index is 11.6. The van der Waals surface area contributed by atoms with Crippen molar-refractivity contribution in [2.24, 2.45) is 0 Å². The first-order valence-electron chi connectivity index (χ1n) is 5.46. The number of halogens is 2. The maximum absolute atomic E-state index is 11.6. The number of nitrogens with two attached hydrogens (primary N) is 1. The second kappa shape index (κ2) is 4.39. The number of rotatable bonds is 2. The Bertz CT molecular complexity index is 468. The van der Waals surface area contributed by atoms with Gasteiger partial charge in [-0.3, -0.25) is 4.79 Å². The Morgan fingerprint density at radius 2 is 1.88 bits per heavy atom. The minimum atomic E-state index is -0.918. The zero-order valence-corrected chi connectivity index (χ0v) is 10.7. The SMILES string of the molecule is Nc1c(Cl)cc(Cl)cc1C1(C(=O)O)CCCC1. The van der Waals surface area contributed by atoms with Gasteiger partial charge >= 0.3 is 5.97 Å². The number of anilines is 1. The molecule has 0 heterocycles. The highest BCUT2D eigenvalue weighted by Gasteiger charge is 2.44. The van der Waals surface area contributed by atoms with Crippen molar-refractivity contribution in [1.29, 1.82) is 0 Å². The van der Waals surface area contributed by atoms with Gasteiger partial charge in [-0.25, -0.2) is 0 Å². The van der Waals surface area contributed by atoms with Gasteiger partial charge in [-0.1, -0.05) is 36.0 Å². The lowest BCUT2D eigenvalue weighted by atomic mass is 9.78. The molecule has 0 unspecified atom stereocenters. The summed E-state index contributed by atoms with van der Waals surface area (Å²) in [5.41, 5.74) is 5.87. The summed E-state index contributed by atoms with van der Waals surface area (Å²) in [7, 11) is 0. The van der Waals surface area contributed by atoms with E-state index < -0.39 is 11.4 Å². The van der Waals surface area contributed by atoms with E-state index in [1.165, 1.54) is 6.07 Å². The first-order chi connectivity index (χ1) is 7.97. The van der Waals surface area contributed by atoms with Gasteiger partial charge in [0.25, 0.3) is 0 Å². The largest absolute Gasteiger partial charge is 0.481 e. The Morgan fingerprint density at radius 3 is 2.41 bits per heavy atom. The third-order valence-corrected chi connectivity index (χ3v) is 4.01. The molecule has 1 aromatic carbocycles. The van der Waals surface area contributed by atoms with Gasteiger partial charge in [0.15, 0.2) is 0 Å². The summed E-state index contributed by atoms with van der Waals surface area (Å²) >= 11 is 11.9. The second-order valence-corrected chi connectivity index (χ2v) is 5.29. The molecule has 0 atom stereocenters. The van der Waals surface area contributed by atoms with E-state index in [4.69, 9.17) is 28.9 Å². The molecule has 1 aliphatic rings. The van der Waals surface area contributed by atoms with Crippen LogP contribution in [0.1, 0.15) is 31.2 Å². The highest BCUT2D eigenvalue weighted by atomic mass is 35.5. The Balaban J connectivity index is 2.62. The molecule has 1 aromatic rings. The molecule has 0 spiro atoms. The monoisotopic (exact) mass is 273 g/mol. The van der Waals surface area contributed by atoms with Crippen LogP contribution in [0.3, 0.4) is 0 Å². The van der Waals surface area contributed by atoms with Gasteiger partial charge < -0.3 is 10.8 Å². The molecule has 1 fully saturated rings. The quantitative estimate of drug-likeness (QED) is 0.811. The maximum Gasteiger partial charge on any atom is 0.314 e. The van der Waals surface area contributed by atoms with Gasteiger partial charge in [0.05, 0.1) is 16.1 Å². The van der Waals surface area contributed by atoms with Gasteiger partial charge in [0.2, 0.25) is 0 Å². The molecule has 0 bridgehead atoms. The lowest BCUT2D eigenvalue weighted by Gasteiger charge is -2.26. The first-order valence-corrected chi connectivity index (χ1v) is 6.21. The number of carbonyl (C=O) groups is 1. The molecule has 17 heavy (non-hydrogen) atoms. The molecule has 0 saturated heterocycles. The van der Waals surface area contributed by atoms with Crippen molar-refractivity contribution in [3.63, 3.8) is 0 Å². The van der Waals surface area contributed by atoms with Crippen molar-refractivity contribution >= 4 is 34.9 Å². The Kier molecular flexibility index (Phi) is 3.23. The van der Waals surface area contributed by atoms with E-state index in [9.17, 15) is 9.90 Å². The molecule has 0 aromatic heterocycles. The van der Waals surface area contributed by atoms with Crippen LogP contribution in [0.2, 0.25) is 10.0 Å². The normalized spacial score (nSPS) is 18.2. The predicted molar refractivity (Wildman–Crippen MR) is 68.7 cm³/mol. The molecular formula is C12H13Cl2NO2. The lowest BCUT2D eigenvalue weighted by molar-refractivity contribution is -0.143. The number of aliphatic carboxylic acids is 1. The fourth-order valence-corrected chi connectivity index (χ4v) is 3.05. The lowest BCUT2D eigenvalue weighted by Crippen LogP contribution is -2.33. The standard InChI is InChI=1S/C12H13Cl2NO2/c13-7-5-8(10(15)9(14)6-7)12(11(16)17)3-1-2-4-12/h5-6H,1-4,15H2,(H,16,17). The molecule has 3 N–H and O–H groups in total. The highest BCUT2D eigenvalue weighted by molar-refractivity contribution is 6.36. The van der Waals surface area contributed by atoms with E-state index in [1.807, 2.05) is 0 Å². The summed E-state index contributed by atoms with van der Waals surface area (Å²) in [6.45, 7) is 0. The van der Waals surface area contributed by atoms with Gasteiger partial charge in [-0.2, -0.15) is 0 Å². The molecule has 1 aliphatic carbocycles. The van der Waals surface area contributed by atoms with Gasteiger partial charge in [0, 0.05) is 5.02 Å². The molecule has 0 radical (unpaired) electrons. The van der Waals surface area contributed by atoms with Crippen LogP contribution in [0, 0.1) is 0 Å². The molecular weight excluding hydrogens is 261 g/mol. The molecule has 92 valence electrons. The summed E-state index contributed by atoms with van der Waals surface area (Å²) < 4.78 is 0. The molecule has 2 rings (SSSR count). The smallest absolute Gasteiger partial charge is 0.314 e. The Hall–Kier alpha value is -0.930. The summed E-state index contributed by atoms with van der Waals surface area (Å²) in [6.07, 6.45) is 2.94. The minimum absolute atomic E-state index is 0.319. The van der Waals surface area contributed by atoms with Crippen LogP contribution < -0.4 is 5.73 Å². The van der Waals surface area contributed by atoms with Crippen molar-refractivity contribution in [2.45, 2.75) is 31.1 Å². The molecule has 5 heteroatoms. The van der Waals surface area contributed by atoms with E-state index in [2.05, 4.69) is 0 Å². The van der Waals surface area contributed by atoms with Crippen molar-refractivity contribution < 1.29 is 9.90 Å². The highest BCUT2D eigenvalue weighted by Crippen LogP contribution is 2.46. The molecule has 0 amide bonds. The number of hydrogen-bond acceptors (Lipinski definition) is 2. The van der Waals surface area contributed by atoms with E-state index in [0.717, 1.165) is 12.8 Å². The van der Waals surface area contributed by atoms with E-state index in [0.29, 0.717) is 34.1 Å². The van der Waals surface area contributed by atoms with Crippen LogP contribution in [0.25, 0.3) is 0 Å². The third-order valence-electron chi connectivity index (χ3n) is 3.48. The molecule has 3 nitrogen and oxygen atoms in total. The fraction of sp³-hybridized carbons (Fsp3) is 0.417. The average molecular weight is 274 g/mol. The fourth-order valence-electron chi connectivity index (χ4n) is 2.56.